The van der Waals surface area contributed by atoms with E-state index in [-0.39, 0.29) is 0 Å². The molecule has 2 unspecified atom stereocenters. The molecule has 0 aromatic carbocycles. The van der Waals surface area contributed by atoms with Crippen LogP contribution in [0.4, 0.5) is 0 Å². The van der Waals surface area contributed by atoms with Crippen molar-refractivity contribution in [3.8, 4) is 0 Å². The fourth-order valence-corrected chi connectivity index (χ4v) is 5.53. The predicted molar refractivity (Wildman–Crippen MR) is 85.9 cm³/mol. The van der Waals surface area contributed by atoms with E-state index in [0.717, 1.165) is 11.2 Å². The molecule has 2 aliphatic rings. The highest BCUT2D eigenvalue weighted by molar-refractivity contribution is 8.06. The van der Waals surface area contributed by atoms with Crippen molar-refractivity contribution < 1.29 is 0 Å². The van der Waals surface area contributed by atoms with Crippen LogP contribution in [0.25, 0.3) is 0 Å². The lowest BCUT2D eigenvalue weighted by Crippen LogP contribution is -2.44. The van der Waals surface area contributed by atoms with E-state index in [2.05, 4.69) is 47.6 Å². The Labute approximate surface area is 121 Å². The third kappa shape index (κ3) is 4.62. The van der Waals surface area contributed by atoms with E-state index in [1.807, 2.05) is 0 Å². The van der Waals surface area contributed by atoms with Gasteiger partial charge in [-0.3, -0.25) is 0 Å². The van der Waals surface area contributed by atoms with Crippen LogP contribution in [0.1, 0.15) is 26.7 Å². The van der Waals surface area contributed by atoms with Crippen molar-refractivity contribution in [3.63, 3.8) is 0 Å². The monoisotopic (exact) mass is 288 g/mol. The van der Waals surface area contributed by atoms with Crippen LogP contribution in [-0.2, 0) is 0 Å². The Bertz CT molecular complexity index is 224. The summed E-state index contributed by atoms with van der Waals surface area (Å²) in [5, 5.41) is 4.65. The smallest absolute Gasteiger partial charge is 0.0263 e. The van der Waals surface area contributed by atoms with Gasteiger partial charge in [0.25, 0.3) is 0 Å². The van der Waals surface area contributed by atoms with E-state index >= 15 is 0 Å². The number of hydrogen-bond donors (Lipinski definition) is 1. The third-order valence-electron chi connectivity index (χ3n) is 4.34. The summed E-state index contributed by atoms with van der Waals surface area (Å²) < 4.78 is 0. The molecule has 0 aromatic rings. The Morgan fingerprint density at radius 1 is 1.28 bits per heavy atom. The maximum Gasteiger partial charge on any atom is 0.0263 e. The summed E-state index contributed by atoms with van der Waals surface area (Å²) in [6.07, 6.45) is 2.77. The summed E-state index contributed by atoms with van der Waals surface area (Å²) in [7, 11) is 0. The van der Waals surface area contributed by atoms with Crippen LogP contribution < -0.4 is 5.32 Å². The summed E-state index contributed by atoms with van der Waals surface area (Å²) in [5.41, 5.74) is 0. The molecule has 2 nitrogen and oxygen atoms in total. The van der Waals surface area contributed by atoms with E-state index in [4.69, 9.17) is 0 Å². The van der Waals surface area contributed by atoms with Crippen LogP contribution >= 0.6 is 23.5 Å². The van der Waals surface area contributed by atoms with Crippen molar-refractivity contribution in [2.75, 3.05) is 43.4 Å². The zero-order chi connectivity index (χ0) is 12.8. The third-order valence-corrected chi connectivity index (χ3v) is 7.18. The van der Waals surface area contributed by atoms with Gasteiger partial charge in [0, 0.05) is 35.1 Å². The molecule has 0 spiro atoms. The highest BCUT2D eigenvalue weighted by Gasteiger charge is 2.23. The van der Waals surface area contributed by atoms with Gasteiger partial charge < -0.3 is 10.2 Å². The molecule has 2 atom stereocenters. The molecule has 2 saturated heterocycles. The lowest BCUT2D eigenvalue weighted by molar-refractivity contribution is 0.169. The molecule has 106 valence electrons. The van der Waals surface area contributed by atoms with Crippen molar-refractivity contribution in [3.05, 3.63) is 0 Å². The van der Waals surface area contributed by atoms with Gasteiger partial charge in [-0.1, -0.05) is 6.92 Å². The molecule has 2 heterocycles. The minimum atomic E-state index is 0.705. The molecule has 0 amide bonds. The molecule has 0 bridgehead atoms. The first-order valence-electron chi connectivity index (χ1n) is 7.44. The van der Waals surface area contributed by atoms with Gasteiger partial charge in [0.1, 0.15) is 0 Å². The summed E-state index contributed by atoms with van der Waals surface area (Å²) in [5.74, 6) is 4.94. The van der Waals surface area contributed by atoms with Gasteiger partial charge in [0.05, 0.1) is 0 Å². The molecule has 2 aliphatic heterocycles. The van der Waals surface area contributed by atoms with Gasteiger partial charge in [0.2, 0.25) is 0 Å². The zero-order valence-corrected chi connectivity index (χ0v) is 13.5. The van der Waals surface area contributed by atoms with Crippen LogP contribution in [0.2, 0.25) is 0 Å². The molecule has 2 rings (SSSR count). The maximum atomic E-state index is 3.80. The van der Waals surface area contributed by atoms with Gasteiger partial charge in [-0.2, -0.15) is 23.5 Å². The number of rotatable bonds is 5. The molecule has 1 N–H and O–H groups in total. The van der Waals surface area contributed by atoms with E-state index in [9.17, 15) is 0 Å². The minimum absolute atomic E-state index is 0.705. The summed E-state index contributed by atoms with van der Waals surface area (Å²) >= 11 is 4.29. The molecule has 4 heteroatoms. The van der Waals surface area contributed by atoms with Gasteiger partial charge in [-0.15, -0.1) is 0 Å². The second-order valence-electron chi connectivity index (χ2n) is 5.54. The maximum absolute atomic E-state index is 3.80. The Morgan fingerprint density at radius 2 is 2.06 bits per heavy atom. The number of nitrogens with zero attached hydrogens (tertiary/aromatic N) is 1. The molecule has 18 heavy (non-hydrogen) atoms. The number of likely N-dealkylation sites (tertiary alicyclic amines) is 1. The van der Waals surface area contributed by atoms with E-state index < -0.39 is 0 Å². The van der Waals surface area contributed by atoms with E-state index in [0.29, 0.717) is 6.04 Å². The lowest BCUT2D eigenvalue weighted by atomic mass is 9.90. The average molecular weight is 289 g/mol. The van der Waals surface area contributed by atoms with Gasteiger partial charge in [0.15, 0.2) is 0 Å². The fourth-order valence-electron chi connectivity index (χ4n) is 2.91. The second kappa shape index (κ2) is 8.03. The zero-order valence-electron chi connectivity index (χ0n) is 11.9. The minimum Gasteiger partial charge on any atom is -0.313 e. The molecular formula is C14H28N2S2. The van der Waals surface area contributed by atoms with Crippen molar-refractivity contribution in [2.24, 2.45) is 5.92 Å². The van der Waals surface area contributed by atoms with Gasteiger partial charge >= 0.3 is 0 Å². The van der Waals surface area contributed by atoms with Gasteiger partial charge in [-0.05, 0) is 45.3 Å². The Morgan fingerprint density at radius 3 is 2.67 bits per heavy atom. The standard InChI is InChI=1S/C14H28N2S2/c1-3-16-6-4-13(5-7-16)12(2)15-10-14-11-17-8-9-18-14/h12-15H,3-11H2,1-2H3. The van der Waals surface area contributed by atoms with Crippen molar-refractivity contribution in [1.82, 2.24) is 10.2 Å². The van der Waals surface area contributed by atoms with Crippen LogP contribution in [0.5, 0.6) is 0 Å². The molecule has 2 fully saturated rings. The lowest BCUT2D eigenvalue weighted by Gasteiger charge is -2.35. The largest absolute Gasteiger partial charge is 0.313 e. The molecule has 0 radical (unpaired) electrons. The summed E-state index contributed by atoms with van der Waals surface area (Å²) in [4.78, 5) is 2.58. The number of thioether (sulfide) groups is 2. The normalized spacial score (nSPS) is 29.3. The first-order valence-corrected chi connectivity index (χ1v) is 9.65. The topological polar surface area (TPSA) is 15.3 Å². The SMILES string of the molecule is CCN1CCC(C(C)NCC2CSCCS2)CC1. The van der Waals surface area contributed by atoms with E-state index in [1.165, 1.54) is 56.3 Å². The van der Waals surface area contributed by atoms with Gasteiger partial charge in [-0.25, -0.2) is 0 Å². The highest BCUT2D eigenvalue weighted by Crippen LogP contribution is 2.24. The van der Waals surface area contributed by atoms with Crippen molar-refractivity contribution >= 4 is 23.5 Å². The first-order chi connectivity index (χ1) is 8.79. The summed E-state index contributed by atoms with van der Waals surface area (Å²) in [6.45, 7) is 9.73. The van der Waals surface area contributed by atoms with E-state index in [1.54, 1.807) is 0 Å². The van der Waals surface area contributed by atoms with Crippen LogP contribution in [-0.4, -0.2) is 59.6 Å². The number of piperidine rings is 1. The Kier molecular flexibility index (Phi) is 6.70. The van der Waals surface area contributed by atoms with Crippen molar-refractivity contribution in [1.29, 1.82) is 0 Å². The molecule has 0 aromatic heterocycles. The molecule has 0 saturated carbocycles. The number of nitrogens with one attached hydrogen (secondary N) is 1. The average Bonchev–Trinajstić information content (AvgIpc) is 2.46. The van der Waals surface area contributed by atoms with Crippen LogP contribution in [0, 0.1) is 5.92 Å². The molecular weight excluding hydrogens is 260 g/mol. The Hall–Kier alpha value is 0.620. The second-order valence-corrected chi connectivity index (χ2v) is 8.09. The first kappa shape index (κ1) is 15.0. The number of hydrogen-bond acceptors (Lipinski definition) is 4. The predicted octanol–water partition coefficient (Wildman–Crippen LogP) is 2.55. The quantitative estimate of drug-likeness (QED) is 0.836. The Balaban J connectivity index is 1.63. The van der Waals surface area contributed by atoms with Crippen LogP contribution in [0.15, 0.2) is 0 Å². The highest BCUT2D eigenvalue weighted by atomic mass is 32.2. The summed E-state index contributed by atoms with van der Waals surface area (Å²) in [6, 6.07) is 0.705. The van der Waals surface area contributed by atoms with Crippen molar-refractivity contribution in [2.45, 2.75) is 38.0 Å². The molecule has 0 aliphatic carbocycles. The fraction of sp³-hybridized carbons (Fsp3) is 1.00. The van der Waals surface area contributed by atoms with Crippen LogP contribution in [0.3, 0.4) is 0 Å².